The third kappa shape index (κ3) is 4.97. The van der Waals surface area contributed by atoms with Gasteiger partial charge in [0, 0.05) is 30.7 Å². The van der Waals surface area contributed by atoms with Crippen LogP contribution >= 0.6 is 0 Å². The minimum atomic E-state index is -1.09. The number of carbonyl (C=O) groups excluding carboxylic acids is 3. The van der Waals surface area contributed by atoms with Crippen molar-refractivity contribution in [3.63, 3.8) is 0 Å². The molecule has 9 nitrogen and oxygen atoms in total. The minimum absolute atomic E-state index is 0.0654. The van der Waals surface area contributed by atoms with Gasteiger partial charge in [-0.25, -0.2) is 4.79 Å². The second-order valence-electron chi connectivity index (χ2n) is 6.95. The summed E-state index contributed by atoms with van der Waals surface area (Å²) < 4.78 is 9.35. The lowest BCUT2D eigenvalue weighted by atomic mass is 9.99. The predicted molar refractivity (Wildman–Crippen MR) is 107 cm³/mol. The number of aldehydes is 1. The Bertz CT molecular complexity index is 969. The number of methoxy groups -OCH3 is 2. The molecule has 162 valence electrons. The molecule has 0 aliphatic heterocycles. The molecule has 0 saturated carbocycles. The average Bonchev–Trinajstić information content (AvgIpc) is 3.20. The molecule has 0 unspecified atom stereocenters. The Morgan fingerprint density at radius 2 is 1.47 bits per heavy atom. The van der Waals surface area contributed by atoms with E-state index in [1.165, 1.54) is 14.2 Å². The lowest BCUT2D eigenvalue weighted by Crippen LogP contribution is -2.04. The van der Waals surface area contributed by atoms with Gasteiger partial charge in [0.2, 0.25) is 0 Å². The molecule has 3 N–H and O–H groups in total. The summed E-state index contributed by atoms with van der Waals surface area (Å²) in [5.74, 6) is -1.85. The van der Waals surface area contributed by atoms with Crippen LogP contribution in [0.1, 0.15) is 67.5 Å². The van der Waals surface area contributed by atoms with Crippen molar-refractivity contribution in [3.05, 3.63) is 45.0 Å². The number of aromatic carboxylic acids is 1. The smallest absolute Gasteiger partial charge is 0.352 e. The fourth-order valence-corrected chi connectivity index (χ4v) is 3.55. The van der Waals surface area contributed by atoms with Gasteiger partial charge in [-0.05, 0) is 48.9 Å². The number of aromatic nitrogens is 2. The van der Waals surface area contributed by atoms with E-state index in [1.807, 2.05) is 6.92 Å². The summed E-state index contributed by atoms with van der Waals surface area (Å²) >= 11 is 0. The monoisotopic (exact) mass is 418 g/mol. The second-order valence-corrected chi connectivity index (χ2v) is 6.95. The lowest BCUT2D eigenvalue weighted by molar-refractivity contribution is -0.141. The van der Waals surface area contributed by atoms with Gasteiger partial charge in [-0.2, -0.15) is 0 Å². The maximum absolute atomic E-state index is 11.6. The van der Waals surface area contributed by atoms with Crippen molar-refractivity contribution < 1.29 is 33.8 Å². The van der Waals surface area contributed by atoms with Crippen molar-refractivity contribution >= 4 is 24.2 Å². The Morgan fingerprint density at radius 1 is 0.900 bits per heavy atom. The van der Waals surface area contributed by atoms with Crippen LogP contribution < -0.4 is 0 Å². The van der Waals surface area contributed by atoms with Crippen LogP contribution in [-0.2, 0) is 38.3 Å². The first-order valence-electron chi connectivity index (χ1n) is 9.46. The second kappa shape index (κ2) is 9.91. The zero-order chi connectivity index (χ0) is 22.4. The van der Waals surface area contributed by atoms with Crippen LogP contribution in [0.4, 0.5) is 0 Å². The Labute approximate surface area is 173 Å². The molecule has 2 aromatic heterocycles. The molecule has 30 heavy (non-hydrogen) atoms. The number of carboxylic acids is 1. The topological polar surface area (TPSA) is 139 Å². The number of hydrogen-bond donors (Lipinski definition) is 3. The van der Waals surface area contributed by atoms with Gasteiger partial charge in [0.05, 0.1) is 19.9 Å². The maximum atomic E-state index is 11.6. The van der Waals surface area contributed by atoms with Gasteiger partial charge in [0.15, 0.2) is 6.29 Å². The highest BCUT2D eigenvalue weighted by Gasteiger charge is 2.22. The van der Waals surface area contributed by atoms with E-state index in [-0.39, 0.29) is 30.5 Å². The maximum Gasteiger partial charge on any atom is 0.352 e. The van der Waals surface area contributed by atoms with Gasteiger partial charge in [0.1, 0.15) is 5.69 Å². The summed E-state index contributed by atoms with van der Waals surface area (Å²) in [5, 5.41) is 9.46. The third-order valence-corrected chi connectivity index (χ3v) is 5.28. The molecule has 0 aliphatic carbocycles. The first-order chi connectivity index (χ1) is 14.2. The van der Waals surface area contributed by atoms with Crippen LogP contribution in [0.15, 0.2) is 0 Å². The van der Waals surface area contributed by atoms with E-state index >= 15 is 0 Å². The molecule has 0 saturated heterocycles. The van der Waals surface area contributed by atoms with E-state index in [0.29, 0.717) is 42.5 Å². The van der Waals surface area contributed by atoms with Crippen molar-refractivity contribution in [1.29, 1.82) is 0 Å². The standard InChI is InChI=1S/C21H26N2O7/c1-11-13(5-7-18(25)29-3)17(10-24)22-15(11)9-16-14(6-8-19(26)30-4)12(2)20(23-16)21(27)28/h10,22-23H,5-9H2,1-4H3,(H,27,28). The summed E-state index contributed by atoms with van der Waals surface area (Å²) in [4.78, 5) is 52.1. The van der Waals surface area contributed by atoms with E-state index in [4.69, 9.17) is 0 Å². The average molecular weight is 418 g/mol. The normalized spacial score (nSPS) is 10.7. The molecule has 0 spiro atoms. The number of rotatable bonds is 10. The highest BCUT2D eigenvalue weighted by Crippen LogP contribution is 2.26. The highest BCUT2D eigenvalue weighted by molar-refractivity contribution is 5.88. The number of nitrogens with one attached hydrogen (secondary N) is 2. The number of hydrogen-bond acceptors (Lipinski definition) is 6. The van der Waals surface area contributed by atoms with Crippen LogP contribution in [0.2, 0.25) is 0 Å². The largest absolute Gasteiger partial charge is 0.477 e. The Morgan fingerprint density at radius 3 is 1.97 bits per heavy atom. The number of carboxylic acid groups (broad SMARTS) is 1. The van der Waals surface area contributed by atoms with Gasteiger partial charge in [0.25, 0.3) is 0 Å². The summed E-state index contributed by atoms with van der Waals surface area (Å²) in [5.41, 5.74) is 4.67. The molecule has 2 aromatic rings. The molecule has 0 aromatic carbocycles. The molecule has 0 bridgehead atoms. The van der Waals surface area contributed by atoms with Crippen LogP contribution in [-0.4, -0.2) is 53.5 Å². The SMILES string of the molecule is COC(=O)CCc1c(C=O)[nH]c(Cc2[nH]c(C(=O)O)c(C)c2CCC(=O)OC)c1C. The number of aromatic amines is 2. The lowest BCUT2D eigenvalue weighted by Gasteiger charge is -2.06. The molecule has 2 heterocycles. The van der Waals surface area contributed by atoms with Crippen LogP contribution in [0.3, 0.4) is 0 Å². The van der Waals surface area contributed by atoms with Crippen LogP contribution in [0.5, 0.6) is 0 Å². The molecule has 0 radical (unpaired) electrons. The Balaban J connectivity index is 2.38. The number of H-pyrrole nitrogens is 2. The molecule has 0 fully saturated rings. The molecule has 0 amide bonds. The third-order valence-electron chi connectivity index (χ3n) is 5.28. The Kier molecular flexibility index (Phi) is 7.57. The fourth-order valence-electron chi connectivity index (χ4n) is 3.55. The van der Waals surface area contributed by atoms with Crippen molar-refractivity contribution in [2.24, 2.45) is 0 Å². The predicted octanol–water partition coefficient (Wildman–Crippen LogP) is 2.27. The van der Waals surface area contributed by atoms with E-state index in [1.54, 1.807) is 6.92 Å². The first kappa shape index (κ1) is 22.9. The van der Waals surface area contributed by atoms with Gasteiger partial charge in [-0.1, -0.05) is 0 Å². The first-order valence-corrected chi connectivity index (χ1v) is 9.46. The number of ether oxygens (including phenoxy) is 2. The number of carbonyl (C=O) groups is 4. The van der Waals surface area contributed by atoms with Gasteiger partial charge in [-0.15, -0.1) is 0 Å². The minimum Gasteiger partial charge on any atom is -0.477 e. The summed E-state index contributed by atoms with van der Waals surface area (Å²) in [7, 11) is 2.61. The molecule has 9 heteroatoms. The fraction of sp³-hybridized carbons (Fsp3) is 0.429. The van der Waals surface area contributed by atoms with Crippen molar-refractivity contribution in [3.8, 4) is 0 Å². The van der Waals surface area contributed by atoms with E-state index in [2.05, 4.69) is 19.4 Å². The Hall–Kier alpha value is -3.36. The van der Waals surface area contributed by atoms with Gasteiger partial charge < -0.3 is 24.5 Å². The van der Waals surface area contributed by atoms with Crippen molar-refractivity contribution in [2.75, 3.05) is 14.2 Å². The van der Waals surface area contributed by atoms with E-state index in [0.717, 1.165) is 22.4 Å². The zero-order valence-electron chi connectivity index (χ0n) is 17.5. The van der Waals surface area contributed by atoms with E-state index in [9.17, 15) is 24.3 Å². The van der Waals surface area contributed by atoms with Crippen LogP contribution in [0, 0.1) is 13.8 Å². The molecule has 0 aliphatic rings. The summed E-state index contributed by atoms with van der Waals surface area (Å²) in [6.45, 7) is 3.53. The molecular formula is C21H26N2O7. The molecule has 0 atom stereocenters. The van der Waals surface area contributed by atoms with Crippen LogP contribution in [0.25, 0.3) is 0 Å². The van der Waals surface area contributed by atoms with Crippen molar-refractivity contribution in [1.82, 2.24) is 9.97 Å². The molecular weight excluding hydrogens is 392 g/mol. The van der Waals surface area contributed by atoms with E-state index < -0.39 is 5.97 Å². The van der Waals surface area contributed by atoms with Gasteiger partial charge >= 0.3 is 17.9 Å². The summed E-state index contributed by atoms with van der Waals surface area (Å²) in [6.07, 6.45) is 1.95. The zero-order valence-corrected chi connectivity index (χ0v) is 17.5. The van der Waals surface area contributed by atoms with Crippen molar-refractivity contribution in [2.45, 2.75) is 46.0 Å². The molecule has 2 rings (SSSR count). The quantitative estimate of drug-likeness (QED) is 0.397. The summed E-state index contributed by atoms with van der Waals surface area (Å²) in [6, 6.07) is 0. The van der Waals surface area contributed by atoms with Gasteiger partial charge in [-0.3, -0.25) is 14.4 Å². The highest BCUT2D eigenvalue weighted by atomic mass is 16.5. The number of esters is 2.